The number of carbonyl (C=O) groups is 1. The van der Waals surface area contributed by atoms with E-state index in [1.807, 2.05) is 4.90 Å². The van der Waals surface area contributed by atoms with Crippen LogP contribution in [-0.4, -0.2) is 49.6 Å². The Kier molecular flexibility index (Phi) is 3.03. The Labute approximate surface area is 85.0 Å². The number of carbonyl (C=O) groups excluding carboxylic acids is 1. The van der Waals surface area contributed by atoms with Gasteiger partial charge < -0.3 is 15.5 Å². The van der Waals surface area contributed by atoms with Gasteiger partial charge in [-0.3, -0.25) is 4.79 Å². The number of piperazine rings is 1. The number of nitrogens with zero attached hydrogens (tertiary/aromatic N) is 1. The highest BCUT2D eigenvalue weighted by Crippen LogP contribution is 2.13. The summed E-state index contributed by atoms with van der Waals surface area (Å²) in [7, 11) is 0. The quantitative estimate of drug-likeness (QED) is 0.622. The number of hydrogen-bond acceptors (Lipinski definition) is 3. The monoisotopic (exact) mass is 197 g/mol. The van der Waals surface area contributed by atoms with Crippen LogP contribution in [0.3, 0.4) is 0 Å². The summed E-state index contributed by atoms with van der Waals surface area (Å²) in [6.45, 7) is 6.91. The number of amides is 1. The van der Waals surface area contributed by atoms with Crippen LogP contribution in [0.1, 0.15) is 13.3 Å². The van der Waals surface area contributed by atoms with Crippen molar-refractivity contribution in [3.8, 4) is 0 Å². The molecular weight excluding hydrogens is 178 g/mol. The number of nitrogens with one attached hydrogen (secondary N) is 2. The molecule has 0 saturated carbocycles. The Morgan fingerprint density at radius 1 is 1.36 bits per heavy atom. The van der Waals surface area contributed by atoms with Gasteiger partial charge in [-0.2, -0.15) is 0 Å². The van der Waals surface area contributed by atoms with Crippen molar-refractivity contribution in [1.82, 2.24) is 15.5 Å². The molecule has 0 aromatic heterocycles. The van der Waals surface area contributed by atoms with E-state index in [1.165, 1.54) is 0 Å². The average molecular weight is 197 g/mol. The molecule has 1 unspecified atom stereocenters. The smallest absolute Gasteiger partial charge is 0.223 e. The van der Waals surface area contributed by atoms with Crippen molar-refractivity contribution in [1.29, 1.82) is 0 Å². The summed E-state index contributed by atoms with van der Waals surface area (Å²) in [5.74, 6) is 0.926. The Balaban J connectivity index is 1.82. The molecule has 2 N–H and O–H groups in total. The number of hydrogen-bond donors (Lipinski definition) is 2. The molecule has 0 aromatic rings. The molecule has 0 spiro atoms. The van der Waals surface area contributed by atoms with Crippen LogP contribution >= 0.6 is 0 Å². The average Bonchev–Trinajstić information content (AvgIpc) is 2.12. The Bertz CT molecular complexity index is 215. The van der Waals surface area contributed by atoms with Gasteiger partial charge in [0.15, 0.2) is 0 Å². The normalized spacial score (nSPS) is 28.6. The van der Waals surface area contributed by atoms with Gasteiger partial charge in [0.2, 0.25) is 5.91 Å². The number of rotatable bonds is 2. The van der Waals surface area contributed by atoms with Crippen molar-refractivity contribution in [3.63, 3.8) is 0 Å². The van der Waals surface area contributed by atoms with Gasteiger partial charge in [-0.25, -0.2) is 0 Å². The summed E-state index contributed by atoms with van der Waals surface area (Å²) < 4.78 is 0. The molecule has 1 amide bonds. The lowest BCUT2D eigenvalue weighted by atomic mass is 9.98. The fourth-order valence-electron chi connectivity index (χ4n) is 2.07. The fourth-order valence-corrected chi connectivity index (χ4v) is 2.07. The van der Waals surface area contributed by atoms with Crippen LogP contribution in [0.5, 0.6) is 0 Å². The lowest BCUT2D eigenvalue weighted by Crippen LogP contribution is -2.54. The maximum atomic E-state index is 11.9. The maximum Gasteiger partial charge on any atom is 0.223 e. The van der Waals surface area contributed by atoms with Crippen molar-refractivity contribution >= 4 is 5.91 Å². The summed E-state index contributed by atoms with van der Waals surface area (Å²) in [6, 6.07) is 0.365. The van der Waals surface area contributed by atoms with Gasteiger partial charge in [-0.15, -0.1) is 0 Å². The first kappa shape index (κ1) is 9.93. The van der Waals surface area contributed by atoms with Crippen LogP contribution in [0, 0.1) is 5.92 Å². The Morgan fingerprint density at radius 2 is 2.14 bits per heavy atom. The van der Waals surface area contributed by atoms with Crippen LogP contribution in [0.4, 0.5) is 0 Å². The van der Waals surface area contributed by atoms with Crippen molar-refractivity contribution in [3.05, 3.63) is 0 Å². The van der Waals surface area contributed by atoms with Crippen LogP contribution < -0.4 is 10.6 Å². The van der Waals surface area contributed by atoms with Gasteiger partial charge in [0, 0.05) is 32.1 Å². The van der Waals surface area contributed by atoms with Gasteiger partial charge in [-0.1, -0.05) is 0 Å². The Morgan fingerprint density at radius 3 is 2.71 bits per heavy atom. The minimum Gasteiger partial charge on any atom is -0.337 e. The fraction of sp³-hybridized carbons (Fsp3) is 0.900. The summed E-state index contributed by atoms with van der Waals surface area (Å²) in [5, 5.41) is 6.49. The van der Waals surface area contributed by atoms with Gasteiger partial charge in [0.1, 0.15) is 0 Å². The zero-order valence-electron chi connectivity index (χ0n) is 8.75. The maximum absolute atomic E-state index is 11.9. The highest BCUT2D eigenvalue weighted by molar-refractivity contribution is 5.77. The van der Waals surface area contributed by atoms with E-state index < -0.39 is 0 Å². The van der Waals surface area contributed by atoms with Gasteiger partial charge >= 0.3 is 0 Å². The molecule has 4 heteroatoms. The standard InChI is InChI=1S/C10H19N3O/c1-8-5-11-2-3-13(8)10(14)4-9-6-12-7-9/h8-9,11-12H,2-7H2,1H3. The molecule has 2 rings (SSSR count). The van der Waals surface area contributed by atoms with E-state index in [0.29, 0.717) is 17.9 Å². The molecule has 0 aliphatic carbocycles. The summed E-state index contributed by atoms with van der Waals surface area (Å²) >= 11 is 0. The van der Waals surface area contributed by atoms with Crippen LogP contribution in [-0.2, 0) is 4.79 Å². The van der Waals surface area contributed by atoms with Crippen molar-refractivity contribution in [2.24, 2.45) is 5.92 Å². The molecule has 2 fully saturated rings. The minimum absolute atomic E-state index is 0.338. The molecule has 0 bridgehead atoms. The first-order valence-corrected chi connectivity index (χ1v) is 5.48. The van der Waals surface area contributed by atoms with Crippen LogP contribution in [0.15, 0.2) is 0 Å². The molecule has 1 atom stereocenters. The SMILES string of the molecule is CC1CNCCN1C(=O)CC1CNC1. The predicted octanol–water partition coefficient (Wildman–Crippen LogP) is -0.584. The first-order chi connectivity index (χ1) is 6.77. The molecule has 2 aliphatic heterocycles. The molecule has 14 heavy (non-hydrogen) atoms. The predicted molar refractivity (Wildman–Crippen MR) is 55.0 cm³/mol. The second-order valence-electron chi connectivity index (χ2n) is 4.37. The largest absolute Gasteiger partial charge is 0.337 e. The third kappa shape index (κ3) is 2.07. The second-order valence-corrected chi connectivity index (χ2v) is 4.37. The molecule has 80 valence electrons. The molecular formula is C10H19N3O. The van der Waals surface area contributed by atoms with E-state index >= 15 is 0 Å². The van der Waals surface area contributed by atoms with E-state index in [1.54, 1.807) is 0 Å². The molecule has 0 radical (unpaired) electrons. The third-order valence-corrected chi connectivity index (χ3v) is 3.15. The first-order valence-electron chi connectivity index (χ1n) is 5.48. The third-order valence-electron chi connectivity index (χ3n) is 3.15. The Hall–Kier alpha value is -0.610. The van der Waals surface area contributed by atoms with Gasteiger partial charge in [0.25, 0.3) is 0 Å². The second kappa shape index (κ2) is 4.28. The topological polar surface area (TPSA) is 44.4 Å². The summed E-state index contributed by atoms with van der Waals surface area (Å²) in [5.41, 5.74) is 0. The molecule has 4 nitrogen and oxygen atoms in total. The van der Waals surface area contributed by atoms with Gasteiger partial charge in [0.05, 0.1) is 0 Å². The van der Waals surface area contributed by atoms with Gasteiger partial charge in [-0.05, 0) is 25.9 Å². The van der Waals surface area contributed by atoms with E-state index in [9.17, 15) is 4.79 Å². The highest BCUT2D eigenvalue weighted by Gasteiger charge is 2.27. The zero-order chi connectivity index (χ0) is 9.97. The van der Waals surface area contributed by atoms with E-state index in [-0.39, 0.29) is 0 Å². The minimum atomic E-state index is 0.338. The summed E-state index contributed by atoms with van der Waals surface area (Å²) in [6.07, 6.45) is 0.733. The zero-order valence-corrected chi connectivity index (χ0v) is 8.75. The molecule has 2 saturated heterocycles. The van der Waals surface area contributed by atoms with E-state index in [4.69, 9.17) is 0 Å². The van der Waals surface area contributed by atoms with Crippen LogP contribution in [0.25, 0.3) is 0 Å². The molecule has 0 aromatic carbocycles. The van der Waals surface area contributed by atoms with E-state index in [2.05, 4.69) is 17.6 Å². The van der Waals surface area contributed by atoms with Crippen molar-refractivity contribution in [2.45, 2.75) is 19.4 Å². The van der Waals surface area contributed by atoms with E-state index in [0.717, 1.165) is 39.1 Å². The van der Waals surface area contributed by atoms with Crippen LogP contribution in [0.2, 0.25) is 0 Å². The molecule has 2 aliphatic rings. The van der Waals surface area contributed by atoms with Crippen molar-refractivity contribution < 1.29 is 4.79 Å². The molecule has 2 heterocycles. The highest BCUT2D eigenvalue weighted by atomic mass is 16.2. The summed E-state index contributed by atoms with van der Waals surface area (Å²) in [4.78, 5) is 13.9. The lowest BCUT2D eigenvalue weighted by Gasteiger charge is -2.36. The van der Waals surface area contributed by atoms with Crippen molar-refractivity contribution in [2.75, 3.05) is 32.7 Å². The lowest BCUT2D eigenvalue weighted by molar-refractivity contribution is -0.135.